The maximum atomic E-state index is 12.5. The Hall–Kier alpha value is -1.10. The van der Waals surface area contributed by atoms with Crippen molar-refractivity contribution in [2.75, 3.05) is 13.2 Å². The quantitative estimate of drug-likeness (QED) is 0.557. The zero-order valence-corrected chi connectivity index (χ0v) is 14.3. The van der Waals surface area contributed by atoms with Crippen LogP contribution in [0.5, 0.6) is 0 Å². The number of hydrogen-bond acceptors (Lipinski definition) is 4. The molecule has 0 bridgehead atoms. The molecule has 1 fully saturated rings. The highest BCUT2D eigenvalue weighted by Crippen LogP contribution is 2.38. The molecular formula is C17H31NO4. The van der Waals surface area contributed by atoms with E-state index in [9.17, 15) is 9.59 Å². The summed E-state index contributed by atoms with van der Waals surface area (Å²) in [6.45, 7) is 8.33. The molecule has 0 unspecified atom stereocenters. The second-order valence-electron chi connectivity index (χ2n) is 6.91. The summed E-state index contributed by atoms with van der Waals surface area (Å²) in [5.74, 6) is 0.918. The van der Waals surface area contributed by atoms with E-state index in [2.05, 4.69) is 26.1 Å². The third kappa shape index (κ3) is 5.59. The van der Waals surface area contributed by atoms with Crippen LogP contribution in [-0.4, -0.2) is 36.2 Å². The first-order valence-corrected chi connectivity index (χ1v) is 8.44. The van der Waals surface area contributed by atoms with Crippen molar-refractivity contribution in [3.05, 3.63) is 0 Å². The summed E-state index contributed by atoms with van der Waals surface area (Å²) in [5, 5.41) is 11.5. The Balaban J connectivity index is 2.55. The molecule has 0 radical (unpaired) electrons. The Bertz CT molecular complexity index is 370. The van der Waals surface area contributed by atoms with Gasteiger partial charge >= 0.3 is 5.97 Å². The first-order valence-electron chi connectivity index (χ1n) is 8.44. The van der Waals surface area contributed by atoms with Crippen LogP contribution < -0.4 is 5.32 Å². The maximum absolute atomic E-state index is 12.5. The summed E-state index contributed by atoms with van der Waals surface area (Å²) in [6.07, 6.45) is 3.56. The molecule has 0 heterocycles. The largest absolute Gasteiger partial charge is 0.464 e. The monoisotopic (exact) mass is 313 g/mol. The molecule has 1 aliphatic carbocycles. The van der Waals surface area contributed by atoms with Gasteiger partial charge in [-0.25, -0.2) is 4.79 Å². The number of aliphatic hydroxyl groups excluding tert-OH is 1. The van der Waals surface area contributed by atoms with Crippen molar-refractivity contribution in [3.8, 4) is 0 Å². The lowest BCUT2D eigenvalue weighted by molar-refractivity contribution is -0.148. The van der Waals surface area contributed by atoms with E-state index in [1.165, 1.54) is 6.42 Å². The normalized spacial score (nSPS) is 26.5. The molecule has 0 aromatic carbocycles. The van der Waals surface area contributed by atoms with E-state index in [0.29, 0.717) is 24.2 Å². The minimum atomic E-state index is -0.642. The molecule has 1 amide bonds. The standard InChI is InChI=1S/C17H31NO4/c1-11(2)14-7-6-12(3)10-15(14)16(20)18-13(4)17(21)22-9-5-8-19/h11-15,19H,5-10H2,1-4H3,(H,18,20)/t12-,13-,14+,15-/m1/s1. The number of carbonyl (C=O) groups excluding carboxylic acids is 2. The second kappa shape index (κ2) is 9.13. The van der Waals surface area contributed by atoms with Crippen molar-refractivity contribution < 1.29 is 19.4 Å². The topological polar surface area (TPSA) is 75.6 Å². The van der Waals surface area contributed by atoms with Gasteiger partial charge in [-0.15, -0.1) is 0 Å². The molecule has 0 aromatic rings. The lowest BCUT2D eigenvalue weighted by Gasteiger charge is -2.36. The van der Waals surface area contributed by atoms with E-state index in [4.69, 9.17) is 9.84 Å². The van der Waals surface area contributed by atoms with Crippen molar-refractivity contribution in [3.63, 3.8) is 0 Å². The molecule has 1 aliphatic rings. The van der Waals surface area contributed by atoms with Crippen LogP contribution in [0.25, 0.3) is 0 Å². The number of nitrogens with one attached hydrogen (secondary N) is 1. The van der Waals surface area contributed by atoms with Gasteiger partial charge in [0.2, 0.25) is 5.91 Å². The van der Waals surface area contributed by atoms with E-state index in [-0.39, 0.29) is 25.0 Å². The predicted molar refractivity (Wildman–Crippen MR) is 85.1 cm³/mol. The highest BCUT2D eigenvalue weighted by atomic mass is 16.5. The number of amides is 1. The Labute approximate surface area is 133 Å². The minimum absolute atomic E-state index is 0.00987. The lowest BCUT2D eigenvalue weighted by Crippen LogP contribution is -2.46. The number of aliphatic hydroxyl groups is 1. The predicted octanol–water partition coefficient (Wildman–Crippen LogP) is 2.13. The van der Waals surface area contributed by atoms with Crippen molar-refractivity contribution >= 4 is 11.9 Å². The van der Waals surface area contributed by atoms with E-state index in [1.54, 1.807) is 6.92 Å². The van der Waals surface area contributed by atoms with Gasteiger partial charge in [0, 0.05) is 18.9 Å². The summed E-state index contributed by atoms with van der Waals surface area (Å²) in [6, 6.07) is -0.642. The average molecular weight is 313 g/mol. The van der Waals surface area contributed by atoms with E-state index < -0.39 is 12.0 Å². The molecule has 1 rings (SSSR count). The summed E-state index contributed by atoms with van der Waals surface area (Å²) >= 11 is 0. The molecule has 4 atom stereocenters. The van der Waals surface area contributed by atoms with Gasteiger partial charge in [-0.3, -0.25) is 4.79 Å². The van der Waals surface area contributed by atoms with Gasteiger partial charge in [0.15, 0.2) is 0 Å². The van der Waals surface area contributed by atoms with Crippen LogP contribution in [0.2, 0.25) is 0 Å². The van der Waals surface area contributed by atoms with Crippen molar-refractivity contribution in [2.45, 2.75) is 59.4 Å². The third-order valence-corrected chi connectivity index (χ3v) is 4.62. The third-order valence-electron chi connectivity index (χ3n) is 4.62. The van der Waals surface area contributed by atoms with Crippen LogP contribution in [0.4, 0.5) is 0 Å². The molecule has 5 nitrogen and oxygen atoms in total. The highest BCUT2D eigenvalue weighted by molar-refractivity contribution is 5.85. The number of ether oxygens (including phenoxy) is 1. The number of carbonyl (C=O) groups is 2. The molecule has 22 heavy (non-hydrogen) atoms. The Morgan fingerprint density at radius 1 is 1.27 bits per heavy atom. The summed E-state index contributed by atoms with van der Waals surface area (Å²) in [4.78, 5) is 24.3. The fourth-order valence-electron chi connectivity index (χ4n) is 3.25. The average Bonchev–Trinajstić information content (AvgIpc) is 2.46. The number of esters is 1. The minimum Gasteiger partial charge on any atom is -0.464 e. The van der Waals surface area contributed by atoms with Gasteiger partial charge in [-0.1, -0.05) is 27.2 Å². The van der Waals surface area contributed by atoms with Crippen LogP contribution in [0, 0.1) is 23.7 Å². The summed E-state index contributed by atoms with van der Waals surface area (Å²) in [7, 11) is 0. The summed E-state index contributed by atoms with van der Waals surface area (Å²) < 4.78 is 5.01. The first kappa shape index (κ1) is 18.9. The van der Waals surface area contributed by atoms with E-state index >= 15 is 0 Å². The highest BCUT2D eigenvalue weighted by Gasteiger charge is 2.36. The molecule has 128 valence electrons. The molecule has 1 saturated carbocycles. The maximum Gasteiger partial charge on any atom is 0.328 e. The van der Waals surface area contributed by atoms with E-state index in [1.807, 2.05) is 0 Å². The molecular weight excluding hydrogens is 282 g/mol. The van der Waals surface area contributed by atoms with Crippen LogP contribution in [-0.2, 0) is 14.3 Å². The Morgan fingerprint density at radius 2 is 1.95 bits per heavy atom. The summed E-state index contributed by atoms with van der Waals surface area (Å²) in [5.41, 5.74) is 0. The fourth-order valence-corrected chi connectivity index (χ4v) is 3.25. The van der Waals surface area contributed by atoms with Crippen LogP contribution >= 0.6 is 0 Å². The van der Waals surface area contributed by atoms with Crippen molar-refractivity contribution in [1.82, 2.24) is 5.32 Å². The smallest absolute Gasteiger partial charge is 0.328 e. The zero-order chi connectivity index (χ0) is 16.7. The molecule has 0 saturated heterocycles. The molecule has 0 aromatic heterocycles. The number of hydrogen-bond donors (Lipinski definition) is 2. The first-order chi connectivity index (χ1) is 10.4. The van der Waals surface area contributed by atoms with Crippen molar-refractivity contribution in [2.24, 2.45) is 23.7 Å². The second-order valence-corrected chi connectivity index (χ2v) is 6.91. The van der Waals surface area contributed by atoms with Gasteiger partial charge in [-0.05, 0) is 37.5 Å². The Kier molecular flexibility index (Phi) is 7.87. The van der Waals surface area contributed by atoms with Gasteiger partial charge in [-0.2, -0.15) is 0 Å². The van der Waals surface area contributed by atoms with Crippen molar-refractivity contribution in [1.29, 1.82) is 0 Å². The molecule has 0 spiro atoms. The Morgan fingerprint density at radius 3 is 2.55 bits per heavy atom. The van der Waals surface area contributed by atoms with Gasteiger partial charge < -0.3 is 15.2 Å². The zero-order valence-electron chi connectivity index (χ0n) is 14.3. The fraction of sp³-hybridized carbons (Fsp3) is 0.882. The van der Waals surface area contributed by atoms with Crippen LogP contribution in [0.15, 0.2) is 0 Å². The molecule has 5 heteroatoms. The van der Waals surface area contributed by atoms with E-state index in [0.717, 1.165) is 12.8 Å². The van der Waals surface area contributed by atoms with Gasteiger partial charge in [0.1, 0.15) is 6.04 Å². The van der Waals surface area contributed by atoms with Crippen LogP contribution in [0.1, 0.15) is 53.4 Å². The lowest BCUT2D eigenvalue weighted by atomic mass is 9.69. The molecule has 0 aliphatic heterocycles. The van der Waals surface area contributed by atoms with Gasteiger partial charge in [0.05, 0.1) is 6.61 Å². The SMILES string of the molecule is CC(C)[C@@H]1CC[C@@H](C)C[C@H]1C(=O)N[C@H](C)C(=O)OCCCO. The number of rotatable bonds is 7. The molecule has 2 N–H and O–H groups in total. The van der Waals surface area contributed by atoms with Gasteiger partial charge in [0.25, 0.3) is 0 Å². The van der Waals surface area contributed by atoms with Crippen LogP contribution in [0.3, 0.4) is 0 Å².